The molecule has 0 radical (unpaired) electrons. The van der Waals surface area contributed by atoms with Crippen LogP contribution in [0.3, 0.4) is 0 Å². The van der Waals surface area contributed by atoms with Gasteiger partial charge in [-0.1, -0.05) is 6.07 Å². The van der Waals surface area contributed by atoms with Crippen LogP contribution in [0.1, 0.15) is 16.7 Å². The van der Waals surface area contributed by atoms with E-state index in [0.29, 0.717) is 13.2 Å². The maximum atomic E-state index is 5.32. The molecule has 25 heavy (non-hydrogen) atoms. The molecule has 0 aliphatic rings. The van der Waals surface area contributed by atoms with Crippen molar-refractivity contribution in [3.8, 4) is 11.5 Å². The van der Waals surface area contributed by atoms with Gasteiger partial charge in [0.15, 0.2) is 0 Å². The first-order chi connectivity index (χ1) is 12.2. The number of thioether (sulfide) groups is 1. The fraction of sp³-hybridized carbons (Fsp3) is 0.400. The van der Waals surface area contributed by atoms with Crippen molar-refractivity contribution in [1.29, 1.82) is 0 Å². The Morgan fingerprint density at radius 1 is 0.720 bits per heavy atom. The van der Waals surface area contributed by atoms with Crippen LogP contribution in [-0.2, 0) is 29.1 Å². The molecule has 5 heteroatoms. The van der Waals surface area contributed by atoms with Gasteiger partial charge < -0.3 is 18.9 Å². The lowest BCUT2D eigenvalue weighted by Gasteiger charge is -2.13. The summed E-state index contributed by atoms with van der Waals surface area (Å²) >= 11 is 1.83. The maximum Gasteiger partial charge on any atom is 0.119 e. The Bertz CT molecular complexity index is 615. The second-order valence-electron chi connectivity index (χ2n) is 5.57. The predicted molar refractivity (Wildman–Crippen MR) is 102 cm³/mol. The number of methoxy groups -OCH3 is 4. The molecule has 2 rings (SSSR count). The summed E-state index contributed by atoms with van der Waals surface area (Å²) in [4.78, 5) is 1.23. The topological polar surface area (TPSA) is 36.9 Å². The van der Waals surface area contributed by atoms with E-state index in [0.717, 1.165) is 29.2 Å². The van der Waals surface area contributed by atoms with Gasteiger partial charge in [0.05, 0.1) is 27.4 Å². The molecule has 4 nitrogen and oxygen atoms in total. The van der Waals surface area contributed by atoms with Gasteiger partial charge in [-0.15, -0.1) is 11.8 Å². The Labute approximate surface area is 154 Å². The average molecular weight is 362 g/mol. The lowest BCUT2D eigenvalue weighted by Crippen LogP contribution is -2.00. The van der Waals surface area contributed by atoms with Crippen molar-refractivity contribution in [2.75, 3.05) is 34.2 Å². The summed E-state index contributed by atoms with van der Waals surface area (Å²) in [5.74, 6) is 2.70. The molecule has 0 fully saturated rings. The molecule has 0 atom stereocenters. The largest absolute Gasteiger partial charge is 0.497 e. The van der Waals surface area contributed by atoms with Crippen LogP contribution < -0.4 is 9.47 Å². The highest BCUT2D eigenvalue weighted by molar-refractivity contribution is 7.99. The zero-order valence-corrected chi connectivity index (χ0v) is 16.2. The van der Waals surface area contributed by atoms with Gasteiger partial charge in [0.1, 0.15) is 11.5 Å². The molecule has 0 bridgehead atoms. The van der Waals surface area contributed by atoms with E-state index < -0.39 is 0 Å². The number of ether oxygens (including phenoxy) is 4. The molecule has 0 amide bonds. The van der Waals surface area contributed by atoms with Crippen LogP contribution in [0.5, 0.6) is 11.5 Å². The molecule has 0 aromatic heterocycles. The van der Waals surface area contributed by atoms with E-state index in [1.807, 2.05) is 36.0 Å². The summed E-state index contributed by atoms with van der Waals surface area (Å²) in [7, 11) is 6.79. The summed E-state index contributed by atoms with van der Waals surface area (Å²) < 4.78 is 21.2. The van der Waals surface area contributed by atoms with Gasteiger partial charge in [0, 0.05) is 24.9 Å². The minimum absolute atomic E-state index is 0.580. The standard InChI is InChI=1S/C20H26O4S/c1-21-13-16-11-18(23-3)6-5-15(16)9-10-25-20-8-7-19(24-4)12-17(20)14-22-2/h5-8,11-12H,9-10,13-14H2,1-4H3. The van der Waals surface area contributed by atoms with E-state index in [1.54, 1.807) is 28.4 Å². The molecule has 0 spiro atoms. The van der Waals surface area contributed by atoms with Crippen molar-refractivity contribution in [1.82, 2.24) is 0 Å². The van der Waals surface area contributed by atoms with Gasteiger partial charge in [-0.2, -0.15) is 0 Å². The van der Waals surface area contributed by atoms with Crippen LogP contribution in [0.4, 0.5) is 0 Å². The molecule has 0 aliphatic carbocycles. The zero-order chi connectivity index (χ0) is 18.1. The normalized spacial score (nSPS) is 10.7. The van der Waals surface area contributed by atoms with Crippen LogP contribution in [-0.4, -0.2) is 34.2 Å². The van der Waals surface area contributed by atoms with Gasteiger partial charge in [0.25, 0.3) is 0 Å². The minimum atomic E-state index is 0.580. The number of hydrogen-bond donors (Lipinski definition) is 0. The van der Waals surface area contributed by atoms with Crippen molar-refractivity contribution >= 4 is 11.8 Å². The summed E-state index contributed by atoms with van der Waals surface area (Å²) in [6.07, 6.45) is 0.964. The average Bonchev–Trinajstić information content (AvgIpc) is 2.64. The summed E-state index contributed by atoms with van der Waals surface area (Å²) in [6.45, 7) is 1.17. The molecule has 0 saturated carbocycles. The molecule has 0 aliphatic heterocycles. The molecule has 0 N–H and O–H groups in total. The summed E-state index contributed by atoms with van der Waals surface area (Å²) in [5.41, 5.74) is 3.62. The number of aryl methyl sites for hydroxylation is 1. The SMILES string of the molecule is COCc1cc(OC)ccc1CCSc1ccc(OC)cc1COC. The molecule has 0 heterocycles. The third-order valence-electron chi connectivity index (χ3n) is 3.91. The Morgan fingerprint density at radius 3 is 1.96 bits per heavy atom. The van der Waals surface area contributed by atoms with Gasteiger partial charge in [-0.05, 0) is 53.4 Å². The second-order valence-corrected chi connectivity index (χ2v) is 6.71. The highest BCUT2D eigenvalue weighted by Crippen LogP contribution is 2.29. The van der Waals surface area contributed by atoms with E-state index in [2.05, 4.69) is 12.1 Å². The first-order valence-corrected chi connectivity index (χ1v) is 9.13. The van der Waals surface area contributed by atoms with Crippen molar-refractivity contribution in [3.05, 3.63) is 53.1 Å². The van der Waals surface area contributed by atoms with Crippen LogP contribution in [0.15, 0.2) is 41.3 Å². The fourth-order valence-corrected chi connectivity index (χ4v) is 3.64. The molecule has 136 valence electrons. The van der Waals surface area contributed by atoms with E-state index in [1.165, 1.54) is 16.0 Å². The predicted octanol–water partition coefficient (Wildman–Crippen LogP) is 4.33. The summed E-state index contributed by atoms with van der Waals surface area (Å²) in [6, 6.07) is 12.3. The maximum absolute atomic E-state index is 5.32. The van der Waals surface area contributed by atoms with Crippen LogP contribution in [0.2, 0.25) is 0 Å². The Morgan fingerprint density at radius 2 is 1.32 bits per heavy atom. The van der Waals surface area contributed by atoms with E-state index >= 15 is 0 Å². The van der Waals surface area contributed by atoms with E-state index in [4.69, 9.17) is 18.9 Å². The van der Waals surface area contributed by atoms with E-state index in [-0.39, 0.29) is 0 Å². The first-order valence-electron chi connectivity index (χ1n) is 8.15. The van der Waals surface area contributed by atoms with Gasteiger partial charge in [-0.25, -0.2) is 0 Å². The van der Waals surface area contributed by atoms with Crippen LogP contribution >= 0.6 is 11.8 Å². The zero-order valence-electron chi connectivity index (χ0n) is 15.3. The van der Waals surface area contributed by atoms with Gasteiger partial charge in [-0.3, -0.25) is 0 Å². The lowest BCUT2D eigenvalue weighted by atomic mass is 10.1. The minimum Gasteiger partial charge on any atom is -0.497 e. The Kier molecular flexibility index (Phi) is 8.12. The Balaban J connectivity index is 2.05. The Hall–Kier alpha value is -1.69. The van der Waals surface area contributed by atoms with Crippen molar-refractivity contribution in [3.63, 3.8) is 0 Å². The van der Waals surface area contributed by atoms with Crippen molar-refractivity contribution in [2.45, 2.75) is 24.5 Å². The monoisotopic (exact) mass is 362 g/mol. The molecule has 0 saturated heterocycles. The number of rotatable bonds is 10. The first kappa shape index (κ1) is 19.6. The highest BCUT2D eigenvalue weighted by atomic mass is 32.2. The fourth-order valence-electron chi connectivity index (χ4n) is 2.63. The molecular formula is C20H26O4S. The smallest absolute Gasteiger partial charge is 0.119 e. The van der Waals surface area contributed by atoms with E-state index in [9.17, 15) is 0 Å². The quantitative estimate of drug-likeness (QED) is 0.588. The van der Waals surface area contributed by atoms with Gasteiger partial charge in [0.2, 0.25) is 0 Å². The summed E-state index contributed by atoms with van der Waals surface area (Å²) in [5, 5.41) is 0. The van der Waals surface area contributed by atoms with Crippen molar-refractivity contribution in [2.24, 2.45) is 0 Å². The van der Waals surface area contributed by atoms with Crippen LogP contribution in [0, 0.1) is 0 Å². The molecular weight excluding hydrogens is 336 g/mol. The number of hydrogen-bond acceptors (Lipinski definition) is 5. The highest BCUT2D eigenvalue weighted by Gasteiger charge is 2.08. The molecule has 0 unspecified atom stereocenters. The third-order valence-corrected chi connectivity index (χ3v) is 5.03. The van der Waals surface area contributed by atoms with Crippen molar-refractivity contribution < 1.29 is 18.9 Å². The lowest BCUT2D eigenvalue weighted by molar-refractivity contribution is 0.182. The van der Waals surface area contributed by atoms with Gasteiger partial charge >= 0.3 is 0 Å². The third kappa shape index (κ3) is 5.66. The van der Waals surface area contributed by atoms with Crippen LogP contribution in [0.25, 0.3) is 0 Å². The second kappa shape index (κ2) is 10.3. The molecule has 2 aromatic rings. The number of benzene rings is 2. The molecule has 2 aromatic carbocycles.